The Labute approximate surface area is 131 Å². The Morgan fingerprint density at radius 2 is 1.77 bits per heavy atom. The topological polar surface area (TPSA) is 61.8 Å². The van der Waals surface area contributed by atoms with Crippen LogP contribution in [0, 0.1) is 0 Å². The fraction of sp³-hybridized carbons (Fsp3) is 0.267. The van der Waals surface area contributed by atoms with Gasteiger partial charge in [0.2, 0.25) is 0 Å². The number of thioether (sulfide) groups is 1. The van der Waals surface area contributed by atoms with E-state index >= 15 is 0 Å². The van der Waals surface area contributed by atoms with Gasteiger partial charge in [-0.05, 0) is 11.8 Å². The van der Waals surface area contributed by atoms with E-state index in [1.807, 2.05) is 36.6 Å². The summed E-state index contributed by atoms with van der Waals surface area (Å²) in [7, 11) is 3.43. The van der Waals surface area contributed by atoms with Crippen LogP contribution in [-0.4, -0.2) is 24.9 Å². The molecule has 0 unspecified atom stereocenters. The lowest BCUT2D eigenvalue weighted by Gasteiger charge is -2.08. The summed E-state index contributed by atoms with van der Waals surface area (Å²) in [6, 6.07) is 9.47. The van der Waals surface area contributed by atoms with Crippen LogP contribution in [0.1, 0.15) is 5.56 Å². The van der Waals surface area contributed by atoms with E-state index in [2.05, 4.69) is 4.98 Å². The number of imidazole rings is 1. The van der Waals surface area contributed by atoms with Crippen molar-refractivity contribution in [2.24, 2.45) is 14.1 Å². The molecule has 0 bridgehead atoms. The first kappa shape index (κ1) is 14.6. The molecule has 0 aliphatic rings. The molecule has 3 aromatic rings. The molecule has 0 saturated carbocycles. The average molecular weight is 316 g/mol. The zero-order chi connectivity index (χ0) is 15.9. The van der Waals surface area contributed by atoms with Gasteiger partial charge in [-0.3, -0.25) is 13.9 Å². The first-order valence-corrected chi connectivity index (χ1v) is 8.01. The zero-order valence-corrected chi connectivity index (χ0v) is 13.4. The molecule has 1 aromatic carbocycles. The van der Waals surface area contributed by atoms with Gasteiger partial charge in [0, 0.05) is 14.1 Å². The van der Waals surface area contributed by atoms with Gasteiger partial charge in [0.1, 0.15) is 0 Å². The molecule has 3 rings (SSSR count). The molecule has 6 nitrogen and oxygen atoms in total. The van der Waals surface area contributed by atoms with Crippen molar-refractivity contribution in [1.29, 1.82) is 0 Å². The monoisotopic (exact) mass is 316 g/mol. The highest BCUT2D eigenvalue weighted by Crippen LogP contribution is 2.17. The summed E-state index contributed by atoms with van der Waals surface area (Å²) in [6.45, 7) is 0.252. The second kappa shape index (κ2) is 5.49. The SMILES string of the molecule is CSc1nc2c(c(=O)n(Cc3ccccc3)c(=O)n2C)n1C. The maximum Gasteiger partial charge on any atom is 0.332 e. The van der Waals surface area contributed by atoms with E-state index in [1.165, 1.54) is 20.9 Å². The second-order valence-corrected chi connectivity index (χ2v) is 5.82. The van der Waals surface area contributed by atoms with Crippen LogP contribution in [0.15, 0.2) is 45.1 Å². The molecule has 22 heavy (non-hydrogen) atoms. The third-order valence-electron chi connectivity index (χ3n) is 3.69. The average Bonchev–Trinajstić information content (AvgIpc) is 2.87. The Bertz CT molecular complexity index is 954. The molecule has 0 amide bonds. The Morgan fingerprint density at radius 3 is 2.41 bits per heavy atom. The fourth-order valence-electron chi connectivity index (χ4n) is 2.51. The van der Waals surface area contributed by atoms with Crippen LogP contribution in [0.2, 0.25) is 0 Å². The van der Waals surface area contributed by atoms with Gasteiger partial charge in [0.15, 0.2) is 16.3 Å². The van der Waals surface area contributed by atoms with Crippen LogP contribution in [0.4, 0.5) is 0 Å². The molecule has 0 fully saturated rings. The predicted octanol–water partition coefficient (Wildman–Crippen LogP) is 1.20. The van der Waals surface area contributed by atoms with E-state index in [0.717, 1.165) is 5.56 Å². The number of hydrogen-bond donors (Lipinski definition) is 0. The molecule has 0 aliphatic heterocycles. The molecular formula is C15H16N4O2S. The molecule has 114 valence electrons. The van der Waals surface area contributed by atoms with Crippen LogP contribution in [0.5, 0.6) is 0 Å². The minimum atomic E-state index is -0.355. The third-order valence-corrected chi connectivity index (χ3v) is 4.42. The highest BCUT2D eigenvalue weighted by atomic mass is 32.2. The maximum atomic E-state index is 12.7. The van der Waals surface area contributed by atoms with E-state index in [4.69, 9.17) is 0 Å². The smallest absolute Gasteiger partial charge is 0.316 e. The molecule has 2 heterocycles. The number of rotatable bonds is 3. The number of aryl methyl sites for hydroxylation is 2. The van der Waals surface area contributed by atoms with Crippen LogP contribution in [0.3, 0.4) is 0 Å². The Balaban J connectivity index is 2.30. The van der Waals surface area contributed by atoms with Gasteiger partial charge in [-0.15, -0.1) is 0 Å². The van der Waals surface area contributed by atoms with Crippen molar-refractivity contribution >= 4 is 22.9 Å². The van der Waals surface area contributed by atoms with Gasteiger partial charge in [-0.1, -0.05) is 42.1 Å². The Morgan fingerprint density at radius 1 is 1.09 bits per heavy atom. The highest BCUT2D eigenvalue weighted by molar-refractivity contribution is 7.98. The van der Waals surface area contributed by atoms with Crippen molar-refractivity contribution < 1.29 is 0 Å². The first-order chi connectivity index (χ1) is 10.5. The standard InChI is InChI=1S/C15H16N4O2S/c1-17-11-12(16-14(17)22-3)18(2)15(21)19(13(11)20)9-10-7-5-4-6-8-10/h4-8H,9H2,1-3H3. The van der Waals surface area contributed by atoms with Crippen LogP contribution >= 0.6 is 11.8 Å². The number of hydrogen-bond acceptors (Lipinski definition) is 4. The van der Waals surface area contributed by atoms with E-state index in [9.17, 15) is 9.59 Å². The zero-order valence-electron chi connectivity index (χ0n) is 12.6. The van der Waals surface area contributed by atoms with Gasteiger partial charge >= 0.3 is 5.69 Å². The van der Waals surface area contributed by atoms with Crippen molar-refractivity contribution in [2.45, 2.75) is 11.7 Å². The van der Waals surface area contributed by atoms with Crippen molar-refractivity contribution in [1.82, 2.24) is 18.7 Å². The number of benzene rings is 1. The van der Waals surface area contributed by atoms with E-state index in [1.54, 1.807) is 18.7 Å². The van der Waals surface area contributed by atoms with E-state index in [-0.39, 0.29) is 17.8 Å². The van der Waals surface area contributed by atoms with Gasteiger partial charge in [-0.25, -0.2) is 9.78 Å². The summed E-state index contributed by atoms with van der Waals surface area (Å²) in [6.07, 6.45) is 1.89. The number of fused-ring (bicyclic) bond motifs is 1. The van der Waals surface area contributed by atoms with Crippen molar-refractivity contribution in [2.75, 3.05) is 6.26 Å². The summed E-state index contributed by atoms with van der Waals surface area (Å²) in [5.74, 6) is 0. The lowest BCUT2D eigenvalue weighted by Crippen LogP contribution is -2.39. The summed E-state index contributed by atoms with van der Waals surface area (Å²) in [4.78, 5) is 29.6. The Kier molecular flexibility index (Phi) is 3.66. The lowest BCUT2D eigenvalue weighted by molar-refractivity contribution is 0.655. The van der Waals surface area contributed by atoms with Crippen LogP contribution < -0.4 is 11.2 Å². The van der Waals surface area contributed by atoms with Gasteiger partial charge < -0.3 is 4.57 Å². The summed E-state index contributed by atoms with van der Waals surface area (Å²) >= 11 is 1.44. The molecule has 0 atom stereocenters. The molecule has 0 radical (unpaired) electrons. The minimum Gasteiger partial charge on any atom is -0.316 e. The fourth-order valence-corrected chi connectivity index (χ4v) is 3.05. The summed E-state index contributed by atoms with van der Waals surface area (Å²) in [5.41, 5.74) is 1.12. The predicted molar refractivity (Wildman–Crippen MR) is 87.5 cm³/mol. The van der Waals surface area contributed by atoms with E-state index < -0.39 is 0 Å². The molecule has 0 N–H and O–H groups in total. The highest BCUT2D eigenvalue weighted by Gasteiger charge is 2.18. The number of aromatic nitrogens is 4. The van der Waals surface area contributed by atoms with Gasteiger partial charge in [-0.2, -0.15) is 0 Å². The normalized spacial score (nSPS) is 11.2. The van der Waals surface area contributed by atoms with Crippen molar-refractivity contribution in [3.8, 4) is 0 Å². The first-order valence-electron chi connectivity index (χ1n) is 6.78. The largest absolute Gasteiger partial charge is 0.332 e. The van der Waals surface area contributed by atoms with Gasteiger partial charge in [0.25, 0.3) is 5.56 Å². The van der Waals surface area contributed by atoms with Crippen molar-refractivity contribution in [3.63, 3.8) is 0 Å². The van der Waals surface area contributed by atoms with Crippen molar-refractivity contribution in [3.05, 3.63) is 56.7 Å². The summed E-state index contributed by atoms with van der Waals surface area (Å²) in [5, 5.41) is 0.708. The van der Waals surface area contributed by atoms with Crippen LogP contribution in [0.25, 0.3) is 11.2 Å². The second-order valence-electron chi connectivity index (χ2n) is 5.05. The maximum absolute atomic E-state index is 12.7. The van der Waals surface area contributed by atoms with E-state index in [0.29, 0.717) is 16.3 Å². The Hall–Kier alpha value is -2.28. The number of nitrogens with zero attached hydrogens (tertiary/aromatic N) is 4. The minimum absolute atomic E-state index is 0.252. The molecule has 7 heteroatoms. The molecule has 2 aromatic heterocycles. The van der Waals surface area contributed by atoms with Gasteiger partial charge in [0.05, 0.1) is 6.54 Å². The lowest BCUT2D eigenvalue weighted by atomic mass is 10.2. The molecule has 0 spiro atoms. The third kappa shape index (κ3) is 2.18. The molecule has 0 aliphatic carbocycles. The molecular weight excluding hydrogens is 300 g/mol. The summed E-state index contributed by atoms with van der Waals surface area (Å²) < 4.78 is 4.42. The molecule has 0 saturated heterocycles. The van der Waals surface area contributed by atoms with Crippen LogP contribution in [-0.2, 0) is 20.6 Å². The quantitative estimate of drug-likeness (QED) is 0.681.